The fourth-order valence-electron chi connectivity index (χ4n) is 3.26. The number of aromatic hydroxyl groups is 2. The molecule has 1 aromatic heterocycles. The summed E-state index contributed by atoms with van der Waals surface area (Å²) < 4.78 is 0.929. The highest BCUT2D eigenvalue weighted by Gasteiger charge is 2.22. The zero-order chi connectivity index (χ0) is 17.4. The summed E-state index contributed by atoms with van der Waals surface area (Å²) in [5.41, 5.74) is 2.97. The first-order chi connectivity index (χ1) is 12.1. The third-order valence-corrected chi connectivity index (χ3v) is 4.94. The Labute approximate surface area is 153 Å². The van der Waals surface area contributed by atoms with Crippen LogP contribution in [0.4, 0.5) is 0 Å². The number of benzene rings is 2. The number of aromatic nitrogens is 1. The van der Waals surface area contributed by atoms with Gasteiger partial charge in [0.25, 0.3) is 0 Å². The number of hydrogen-bond acceptors (Lipinski definition) is 4. The van der Waals surface area contributed by atoms with Crippen LogP contribution < -0.4 is 5.32 Å². The van der Waals surface area contributed by atoms with Crippen molar-refractivity contribution in [1.82, 2.24) is 10.3 Å². The number of aliphatic imine (C=N–C) groups is 1. The van der Waals surface area contributed by atoms with Crippen LogP contribution in [0.3, 0.4) is 0 Å². The molecule has 5 nitrogen and oxygen atoms in total. The molecule has 0 spiro atoms. The number of fused-ring (bicyclic) bond motifs is 1. The van der Waals surface area contributed by atoms with Crippen molar-refractivity contribution < 1.29 is 10.2 Å². The van der Waals surface area contributed by atoms with E-state index in [4.69, 9.17) is 4.99 Å². The molecule has 0 radical (unpaired) electrons. The molecule has 128 valence electrons. The van der Waals surface area contributed by atoms with E-state index in [9.17, 15) is 10.2 Å². The van der Waals surface area contributed by atoms with Gasteiger partial charge in [0.05, 0.1) is 17.3 Å². The second-order valence-corrected chi connectivity index (χ2v) is 7.13. The number of phenolic OH excluding ortho intramolecular Hbond substituents is 1. The predicted molar refractivity (Wildman–Crippen MR) is 103 cm³/mol. The van der Waals surface area contributed by atoms with Crippen LogP contribution >= 0.6 is 15.9 Å². The maximum absolute atomic E-state index is 10.6. The molecule has 3 aromatic rings. The van der Waals surface area contributed by atoms with Gasteiger partial charge in [-0.3, -0.25) is 4.99 Å². The summed E-state index contributed by atoms with van der Waals surface area (Å²) in [6.07, 6.45) is 0.953. The van der Waals surface area contributed by atoms with Crippen molar-refractivity contribution in [1.29, 1.82) is 0 Å². The lowest BCUT2D eigenvalue weighted by molar-refractivity contribution is 0.457. The Morgan fingerprint density at radius 3 is 2.80 bits per heavy atom. The van der Waals surface area contributed by atoms with E-state index >= 15 is 0 Å². The first-order valence-corrected chi connectivity index (χ1v) is 8.99. The van der Waals surface area contributed by atoms with Crippen LogP contribution in [-0.2, 0) is 0 Å². The Morgan fingerprint density at radius 2 is 2.04 bits per heavy atom. The number of aromatic amines is 1. The van der Waals surface area contributed by atoms with Crippen LogP contribution in [-0.4, -0.2) is 40.0 Å². The highest BCUT2D eigenvalue weighted by Crippen LogP contribution is 2.33. The Kier molecular flexibility index (Phi) is 4.23. The molecule has 1 fully saturated rings. The standard InChI is InChI=1S/C19H18BrN3O2/c20-12-4-5-16-15(9-12)17(19(25)23-16)18(22-13-6-7-21-10-13)11-2-1-3-14(24)8-11/h1-5,8-9,13,21,23-25H,6-7,10H2. The molecule has 6 heteroatoms. The van der Waals surface area contributed by atoms with Gasteiger partial charge in [0.15, 0.2) is 5.88 Å². The summed E-state index contributed by atoms with van der Waals surface area (Å²) in [5.74, 6) is 0.261. The summed E-state index contributed by atoms with van der Waals surface area (Å²) in [6.45, 7) is 1.75. The summed E-state index contributed by atoms with van der Waals surface area (Å²) in [4.78, 5) is 7.94. The SMILES string of the molecule is Oc1cccc(C(=NC2CCNC2)c2c(O)[nH]c3ccc(Br)cc23)c1. The first-order valence-electron chi connectivity index (χ1n) is 8.20. The van der Waals surface area contributed by atoms with Gasteiger partial charge in [0.2, 0.25) is 0 Å². The van der Waals surface area contributed by atoms with Crippen molar-refractivity contribution in [3.8, 4) is 11.6 Å². The maximum Gasteiger partial charge on any atom is 0.199 e. The topological polar surface area (TPSA) is 80.6 Å². The Balaban J connectivity index is 1.95. The third kappa shape index (κ3) is 3.15. The molecule has 2 aromatic carbocycles. The van der Waals surface area contributed by atoms with Gasteiger partial charge < -0.3 is 20.5 Å². The number of hydrogen-bond donors (Lipinski definition) is 4. The molecule has 4 rings (SSSR count). The summed E-state index contributed by atoms with van der Waals surface area (Å²) in [5, 5.41) is 24.7. The van der Waals surface area contributed by atoms with E-state index in [1.807, 2.05) is 24.3 Å². The quantitative estimate of drug-likeness (QED) is 0.508. The molecule has 0 bridgehead atoms. The minimum Gasteiger partial charge on any atom is -0.508 e. The van der Waals surface area contributed by atoms with Gasteiger partial charge in [-0.15, -0.1) is 0 Å². The average molecular weight is 400 g/mol. The molecule has 2 heterocycles. The normalized spacial score (nSPS) is 18.1. The molecule has 0 amide bonds. The largest absolute Gasteiger partial charge is 0.508 e. The number of nitrogens with zero attached hydrogens (tertiary/aromatic N) is 1. The predicted octanol–water partition coefficient (Wildman–Crippen LogP) is 3.54. The number of rotatable bonds is 3. The van der Waals surface area contributed by atoms with Gasteiger partial charge in [0, 0.05) is 27.5 Å². The van der Waals surface area contributed by atoms with Gasteiger partial charge in [0.1, 0.15) is 5.75 Å². The van der Waals surface area contributed by atoms with Crippen molar-refractivity contribution >= 4 is 32.5 Å². The van der Waals surface area contributed by atoms with E-state index in [0.29, 0.717) is 11.3 Å². The van der Waals surface area contributed by atoms with Crippen LogP contribution in [0.5, 0.6) is 11.6 Å². The first kappa shape index (κ1) is 16.2. The van der Waals surface area contributed by atoms with E-state index in [0.717, 1.165) is 40.4 Å². The minimum atomic E-state index is 0.0844. The van der Waals surface area contributed by atoms with E-state index < -0.39 is 0 Å². The summed E-state index contributed by atoms with van der Waals surface area (Å²) in [7, 11) is 0. The van der Waals surface area contributed by atoms with E-state index in [1.165, 1.54) is 0 Å². The van der Waals surface area contributed by atoms with Gasteiger partial charge in [-0.2, -0.15) is 0 Å². The Bertz CT molecular complexity index is 958. The number of phenols is 1. The molecule has 0 aliphatic carbocycles. The summed E-state index contributed by atoms with van der Waals surface area (Å²) in [6, 6.07) is 12.9. The molecule has 1 saturated heterocycles. The monoisotopic (exact) mass is 399 g/mol. The van der Waals surface area contributed by atoms with Crippen molar-refractivity contribution in [2.45, 2.75) is 12.5 Å². The maximum atomic E-state index is 10.6. The zero-order valence-electron chi connectivity index (χ0n) is 13.5. The van der Waals surface area contributed by atoms with Gasteiger partial charge in [-0.05, 0) is 43.3 Å². The highest BCUT2D eigenvalue weighted by molar-refractivity contribution is 9.10. The number of H-pyrrole nitrogens is 1. The molecule has 1 aliphatic heterocycles. The van der Waals surface area contributed by atoms with Crippen molar-refractivity contribution in [2.24, 2.45) is 4.99 Å². The van der Waals surface area contributed by atoms with Crippen LogP contribution in [0.1, 0.15) is 17.5 Å². The van der Waals surface area contributed by atoms with Crippen molar-refractivity contribution in [2.75, 3.05) is 13.1 Å². The van der Waals surface area contributed by atoms with Crippen LogP contribution in [0.2, 0.25) is 0 Å². The fraction of sp³-hybridized carbons (Fsp3) is 0.211. The average Bonchev–Trinajstić information content (AvgIpc) is 3.20. The van der Waals surface area contributed by atoms with Gasteiger partial charge in [-0.25, -0.2) is 0 Å². The Morgan fingerprint density at radius 1 is 1.16 bits per heavy atom. The molecule has 1 aliphatic rings. The molecule has 0 saturated carbocycles. The lowest BCUT2D eigenvalue weighted by Crippen LogP contribution is -2.15. The van der Waals surface area contributed by atoms with E-state index in [2.05, 4.69) is 26.2 Å². The fourth-order valence-corrected chi connectivity index (χ4v) is 3.62. The zero-order valence-corrected chi connectivity index (χ0v) is 15.0. The second kappa shape index (κ2) is 6.54. The van der Waals surface area contributed by atoms with Crippen LogP contribution in [0, 0.1) is 0 Å². The van der Waals surface area contributed by atoms with Crippen LogP contribution in [0.25, 0.3) is 10.9 Å². The molecular weight excluding hydrogens is 382 g/mol. The van der Waals surface area contributed by atoms with E-state index in [-0.39, 0.29) is 17.7 Å². The van der Waals surface area contributed by atoms with Crippen LogP contribution in [0.15, 0.2) is 51.9 Å². The Hall–Kier alpha value is -2.31. The molecule has 1 atom stereocenters. The summed E-state index contributed by atoms with van der Waals surface area (Å²) >= 11 is 3.50. The third-order valence-electron chi connectivity index (χ3n) is 4.44. The minimum absolute atomic E-state index is 0.0844. The second-order valence-electron chi connectivity index (χ2n) is 6.21. The lowest BCUT2D eigenvalue weighted by atomic mass is 10.00. The molecular formula is C19H18BrN3O2. The van der Waals surface area contributed by atoms with Gasteiger partial charge >= 0.3 is 0 Å². The smallest absolute Gasteiger partial charge is 0.199 e. The van der Waals surface area contributed by atoms with Gasteiger partial charge in [-0.1, -0.05) is 28.1 Å². The number of halogens is 1. The molecule has 4 N–H and O–H groups in total. The van der Waals surface area contributed by atoms with Crippen molar-refractivity contribution in [3.05, 3.63) is 58.1 Å². The lowest BCUT2D eigenvalue weighted by Gasteiger charge is -2.11. The highest BCUT2D eigenvalue weighted by atomic mass is 79.9. The number of nitrogens with one attached hydrogen (secondary N) is 2. The molecule has 25 heavy (non-hydrogen) atoms. The molecule has 1 unspecified atom stereocenters. The van der Waals surface area contributed by atoms with E-state index in [1.54, 1.807) is 18.2 Å². The van der Waals surface area contributed by atoms with Crippen molar-refractivity contribution in [3.63, 3.8) is 0 Å².